The van der Waals surface area contributed by atoms with Crippen LogP contribution < -0.4 is 15.4 Å². The molecule has 0 bridgehead atoms. The summed E-state index contributed by atoms with van der Waals surface area (Å²) in [6, 6.07) is 7.98. The van der Waals surface area contributed by atoms with Gasteiger partial charge in [0.25, 0.3) is 0 Å². The van der Waals surface area contributed by atoms with E-state index in [1.54, 1.807) is 14.2 Å². The summed E-state index contributed by atoms with van der Waals surface area (Å²) in [5.74, 6) is 2.32. The number of methoxy groups -OCH3 is 1. The van der Waals surface area contributed by atoms with Crippen LogP contribution in [0.15, 0.2) is 29.3 Å². The molecule has 1 rings (SSSR count). The minimum absolute atomic E-state index is 0. The summed E-state index contributed by atoms with van der Waals surface area (Å²) in [6.45, 7) is 7.35. The summed E-state index contributed by atoms with van der Waals surface area (Å²) in [7, 11) is 3.44. The van der Waals surface area contributed by atoms with Crippen molar-refractivity contribution in [3.8, 4) is 5.75 Å². The quantitative estimate of drug-likeness (QED) is 0.271. The largest absolute Gasteiger partial charge is 0.497 e. The van der Waals surface area contributed by atoms with Crippen LogP contribution in [0.4, 0.5) is 0 Å². The molecule has 132 valence electrons. The molecule has 1 aromatic carbocycles. The zero-order valence-corrected chi connectivity index (χ0v) is 16.9. The van der Waals surface area contributed by atoms with E-state index in [1.807, 2.05) is 18.2 Å². The highest BCUT2D eigenvalue weighted by Crippen LogP contribution is 2.11. The van der Waals surface area contributed by atoms with E-state index in [0.29, 0.717) is 19.1 Å². The summed E-state index contributed by atoms with van der Waals surface area (Å²) >= 11 is 0. The third-order valence-corrected chi connectivity index (χ3v) is 3.20. The molecule has 0 heterocycles. The fourth-order valence-electron chi connectivity index (χ4n) is 1.85. The molecule has 0 amide bonds. The Kier molecular flexibility index (Phi) is 12.8. The van der Waals surface area contributed by atoms with Crippen LogP contribution in [-0.4, -0.2) is 39.9 Å². The fraction of sp³-hybridized carbons (Fsp3) is 0.588. The Bertz CT molecular complexity index is 453. The van der Waals surface area contributed by atoms with E-state index in [0.717, 1.165) is 36.8 Å². The first-order valence-electron chi connectivity index (χ1n) is 7.81. The zero-order valence-electron chi connectivity index (χ0n) is 14.6. The molecular formula is C17H30IN3O2. The third-order valence-electron chi connectivity index (χ3n) is 3.20. The standard InChI is InChI=1S/C17H29N3O2.HI/c1-14(2)8-10-22-11-9-19-17(18-3)20-13-15-6-5-7-16(12-15)21-4;/h5-7,12,14H,8-11,13H2,1-4H3,(H2,18,19,20);1H. The normalized spacial score (nSPS) is 11.1. The predicted octanol–water partition coefficient (Wildman–Crippen LogP) is 3.04. The molecule has 2 N–H and O–H groups in total. The van der Waals surface area contributed by atoms with E-state index in [1.165, 1.54) is 0 Å². The number of hydrogen-bond donors (Lipinski definition) is 2. The molecule has 23 heavy (non-hydrogen) atoms. The number of hydrogen-bond acceptors (Lipinski definition) is 3. The van der Waals surface area contributed by atoms with Gasteiger partial charge in [0.05, 0.1) is 13.7 Å². The molecule has 0 fully saturated rings. The maximum atomic E-state index is 5.57. The van der Waals surface area contributed by atoms with Gasteiger partial charge in [-0.05, 0) is 30.0 Å². The van der Waals surface area contributed by atoms with Gasteiger partial charge in [0.2, 0.25) is 0 Å². The van der Waals surface area contributed by atoms with Gasteiger partial charge in [0, 0.05) is 26.7 Å². The molecule has 0 aliphatic rings. The number of nitrogens with zero attached hydrogens (tertiary/aromatic N) is 1. The highest BCUT2D eigenvalue weighted by Gasteiger charge is 2.00. The molecule has 0 aliphatic heterocycles. The molecule has 0 aromatic heterocycles. The number of ether oxygens (including phenoxy) is 2. The third kappa shape index (κ3) is 10.4. The lowest BCUT2D eigenvalue weighted by molar-refractivity contribution is 0.128. The second kappa shape index (κ2) is 13.4. The Morgan fingerprint density at radius 3 is 2.65 bits per heavy atom. The van der Waals surface area contributed by atoms with Gasteiger partial charge in [-0.1, -0.05) is 26.0 Å². The van der Waals surface area contributed by atoms with E-state index in [4.69, 9.17) is 9.47 Å². The predicted molar refractivity (Wildman–Crippen MR) is 107 cm³/mol. The summed E-state index contributed by atoms with van der Waals surface area (Å²) in [4.78, 5) is 4.20. The van der Waals surface area contributed by atoms with Crippen LogP contribution in [0.5, 0.6) is 5.75 Å². The van der Waals surface area contributed by atoms with Crippen LogP contribution >= 0.6 is 24.0 Å². The van der Waals surface area contributed by atoms with Gasteiger partial charge in [0.15, 0.2) is 5.96 Å². The lowest BCUT2D eigenvalue weighted by Gasteiger charge is -2.13. The lowest BCUT2D eigenvalue weighted by atomic mass is 10.1. The molecule has 0 radical (unpaired) electrons. The number of halogens is 1. The summed E-state index contributed by atoms with van der Waals surface area (Å²) < 4.78 is 10.8. The molecule has 0 aliphatic carbocycles. The molecule has 6 heteroatoms. The van der Waals surface area contributed by atoms with Crippen molar-refractivity contribution in [1.82, 2.24) is 10.6 Å². The van der Waals surface area contributed by atoms with Crippen LogP contribution in [0.1, 0.15) is 25.8 Å². The van der Waals surface area contributed by atoms with E-state index in [2.05, 4.69) is 35.5 Å². The first-order chi connectivity index (χ1) is 10.7. The van der Waals surface area contributed by atoms with Gasteiger partial charge in [-0.3, -0.25) is 4.99 Å². The van der Waals surface area contributed by atoms with E-state index < -0.39 is 0 Å². The van der Waals surface area contributed by atoms with Crippen LogP contribution in [-0.2, 0) is 11.3 Å². The Morgan fingerprint density at radius 2 is 2.00 bits per heavy atom. The Morgan fingerprint density at radius 1 is 1.22 bits per heavy atom. The molecule has 0 unspecified atom stereocenters. The summed E-state index contributed by atoms with van der Waals surface area (Å²) in [5.41, 5.74) is 1.15. The highest BCUT2D eigenvalue weighted by molar-refractivity contribution is 14.0. The minimum atomic E-state index is 0. The number of guanidine groups is 1. The van der Waals surface area contributed by atoms with Crippen LogP contribution in [0.3, 0.4) is 0 Å². The first kappa shape index (κ1) is 22.0. The van der Waals surface area contributed by atoms with Crippen molar-refractivity contribution < 1.29 is 9.47 Å². The summed E-state index contributed by atoms with van der Waals surface area (Å²) in [5, 5.41) is 6.51. The van der Waals surface area contributed by atoms with Gasteiger partial charge < -0.3 is 20.1 Å². The second-order valence-corrected chi connectivity index (χ2v) is 5.50. The van der Waals surface area contributed by atoms with Gasteiger partial charge in [-0.25, -0.2) is 0 Å². The SMILES string of the molecule is CN=C(NCCOCCC(C)C)NCc1cccc(OC)c1.I. The Labute approximate surface area is 157 Å². The van der Waals surface area contributed by atoms with Gasteiger partial charge in [0.1, 0.15) is 5.75 Å². The maximum Gasteiger partial charge on any atom is 0.191 e. The van der Waals surface area contributed by atoms with E-state index in [9.17, 15) is 0 Å². The Hall–Kier alpha value is -1.02. The van der Waals surface area contributed by atoms with Crippen molar-refractivity contribution in [1.29, 1.82) is 0 Å². The highest BCUT2D eigenvalue weighted by atomic mass is 127. The van der Waals surface area contributed by atoms with Gasteiger partial charge in [-0.15, -0.1) is 24.0 Å². The molecule has 0 saturated carbocycles. The molecule has 0 atom stereocenters. The molecular weight excluding hydrogens is 405 g/mol. The van der Waals surface area contributed by atoms with E-state index in [-0.39, 0.29) is 24.0 Å². The van der Waals surface area contributed by atoms with Crippen molar-refractivity contribution in [3.05, 3.63) is 29.8 Å². The number of nitrogens with one attached hydrogen (secondary N) is 2. The van der Waals surface area contributed by atoms with Crippen molar-refractivity contribution in [2.45, 2.75) is 26.8 Å². The molecule has 5 nitrogen and oxygen atoms in total. The monoisotopic (exact) mass is 435 g/mol. The van der Waals surface area contributed by atoms with Crippen LogP contribution in [0.25, 0.3) is 0 Å². The molecule has 0 saturated heterocycles. The molecule has 0 spiro atoms. The fourth-order valence-corrected chi connectivity index (χ4v) is 1.85. The van der Waals surface area contributed by atoms with Crippen molar-refractivity contribution in [3.63, 3.8) is 0 Å². The second-order valence-electron chi connectivity index (χ2n) is 5.50. The van der Waals surface area contributed by atoms with Crippen LogP contribution in [0.2, 0.25) is 0 Å². The minimum Gasteiger partial charge on any atom is -0.497 e. The number of benzene rings is 1. The van der Waals surface area contributed by atoms with Gasteiger partial charge >= 0.3 is 0 Å². The molecule has 1 aromatic rings. The van der Waals surface area contributed by atoms with Crippen molar-refractivity contribution >= 4 is 29.9 Å². The van der Waals surface area contributed by atoms with Crippen molar-refractivity contribution in [2.24, 2.45) is 10.9 Å². The topological polar surface area (TPSA) is 54.9 Å². The average molecular weight is 435 g/mol. The zero-order chi connectivity index (χ0) is 16.2. The number of rotatable bonds is 9. The lowest BCUT2D eigenvalue weighted by Crippen LogP contribution is -2.38. The Balaban J connectivity index is 0.00000484. The average Bonchev–Trinajstić information content (AvgIpc) is 2.53. The number of aliphatic imine (C=N–C) groups is 1. The van der Waals surface area contributed by atoms with Crippen molar-refractivity contribution in [2.75, 3.05) is 33.9 Å². The first-order valence-corrected chi connectivity index (χ1v) is 7.81. The maximum absolute atomic E-state index is 5.57. The van der Waals surface area contributed by atoms with E-state index >= 15 is 0 Å². The van der Waals surface area contributed by atoms with Crippen LogP contribution in [0, 0.1) is 5.92 Å². The summed E-state index contributed by atoms with van der Waals surface area (Å²) in [6.07, 6.45) is 1.10. The smallest absolute Gasteiger partial charge is 0.191 e. The van der Waals surface area contributed by atoms with Gasteiger partial charge in [-0.2, -0.15) is 0 Å².